The van der Waals surface area contributed by atoms with E-state index in [4.69, 9.17) is 0 Å². The molecule has 0 aliphatic heterocycles. The van der Waals surface area contributed by atoms with Gasteiger partial charge >= 0.3 is 0 Å². The maximum Gasteiger partial charge on any atom is 0.250 e. The van der Waals surface area contributed by atoms with Gasteiger partial charge < -0.3 is 5.11 Å². The normalized spacial score (nSPS) is 15.0. The third-order valence-corrected chi connectivity index (χ3v) is 7.40. The van der Waals surface area contributed by atoms with Crippen LogP contribution in [-0.2, 0) is 10.0 Å². The lowest BCUT2D eigenvalue weighted by atomic mass is 10.1. The summed E-state index contributed by atoms with van der Waals surface area (Å²) in [5, 5.41) is 12.0. The molecular weight excluding hydrogens is 326 g/mol. The van der Waals surface area contributed by atoms with E-state index < -0.39 is 16.1 Å². The van der Waals surface area contributed by atoms with Crippen LogP contribution in [0.2, 0.25) is 0 Å². The highest BCUT2D eigenvalue weighted by atomic mass is 32.2. The third-order valence-electron chi connectivity index (χ3n) is 3.21. The molecule has 0 radical (unpaired) electrons. The predicted octanol–water partition coefficient (Wildman–Crippen LogP) is 3.22. The molecule has 0 saturated heterocycles. The summed E-state index contributed by atoms with van der Waals surface area (Å²) in [5.41, 5.74) is 0.978. The SMILES string of the molecule is Cc1cc(S(=O)(=O)NC(C)CC(O)c2cccs2)sc1C. The van der Waals surface area contributed by atoms with E-state index in [1.54, 1.807) is 13.0 Å². The number of hydrogen-bond acceptors (Lipinski definition) is 5. The second-order valence-electron chi connectivity index (χ2n) is 5.09. The Labute approximate surface area is 133 Å². The van der Waals surface area contributed by atoms with Gasteiger partial charge in [-0.2, -0.15) is 0 Å². The molecule has 2 heterocycles. The van der Waals surface area contributed by atoms with Crippen molar-refractivity contribution in [3.05, 3.63) is 38.9 Å². The average molecular weight is 346 g/mol. The molecule has 116 valence electrons. The highest BCUT2D eigenvalue weighted by Gasteiger charge is 2.22. The minimum Gasteiger partial charge on any atom is -0.388 e. The van der Waals surface area contributed by atoms with Gasteiger partial charge in [-0.15, -0.1) is 22.7 Å². The minimum absolute atomic E-state index is 0.329. The first-order valence-electron chi connectivity index (χ1n) is 6.60. The van der Waals surface area contributed by atoms with Gasteiger partial charge in [0.05, 0.1) is 6.10 Å². The smallest absolute Gasteiger partial charge is 0.250 e. The molecule has 0 bridgehead atoms. The van der Waals surface area contributed by atoms with Gasteiger partial charge in [0.15, 0.2) is 0 Å². The summed E-state index contributed by atoms with van der Waals surface area (Å²) in [7, 11) is -3.51. The molecule has 0 aliphatic rings. The Morgan fingerprint density at radius 1 is 1.38 bits per heavy atom. The summed E-state index contributed by atoms with van der Waals surface area (Å²) in [6, 6.07) is 5.07. The van der Waals surface area contributed by atoms with Crippen LogP contribution in [0.3, 0.4) is 0 Å². The molecule has 7 heteroatoms. The Hall–Kier alpha value is -0.730. The van der Waals surface area contributed by atoms with Crippen LogP contribution in [0.1, 0.15) is 34.8 Å². The predicted molar refractivity (Wildman–Crippen MR) is 87.5 cm³/mol. The number of rotatable bonds is 6. The van der Waals surface area contributed by atoms with Crippen molar-refractivity contribution in [2.75, 3.05) is 0 Å². The summed E-state index contributed by atoms with van der Waals surface area (Å²) in [6.07, 6.45) is -0.294. The van der Waals surface area contributed by atoms with Crippen molar-refractivity contribution < 1.29 is 13.5 Å². The standard InChI is InChI=1S/C14H19NO3S3/c1-9-7-14(20-11(9)3)21(17,18)15-10(2)8-12(16)13-5-4-6-19-13/h4-7,10,12,15-16H,8H2,1-3H3. The highest BCUT2D eigenvalue weighted by molar-refractivity contribution is 7.91. The Bertz CT molecular complexity index is 670. The third kappa shape index (κ3) is 4.14. The lowest BCUT2D eigenvalue weighted by Gasteiger charge is -2.16. The molecule has 21 heavy (non-hydrogen) atoms. The lowest BCUT2D eigenvalue weighted by Crippen LogP contribution is -2.33. The van der Waals surface area contributed by atoms with Crippen molar-refractivity contribution >= 4 is 32.7 Å². The molecule has 2 aromatic heterocycles. The fourth-order valence-electron chi connectivity index (χ4n) is 1.97. The molecule has 2 atom stereocenters. The van der Waals surface area contributed by atoms with Crippen molar-refractivity contribution in [3.8, 4) is 0 Å². The largest absolute Gasteiger partial charge is 0.388 e. The fourth-order valence-corrected chi connectivity index (χ4v) is 5.49. The summed E-state index contributed by atoms with van der Waals surface area (Å²) < 4.78 is 27.6. The van der Waals surface area contributed by atoms with Crippen LogP contribution in [-0.4, -0.2) is 19.6 Å². The van der Waals surface area contributed by atoms with E-state index in [0.29, 0.717) is 10.6 Å². The molecular formula is C14H19NO3S3. The number of aryl methyl sites for hydroxylation is 2. The van der Waals surface area contributed by atoms with Crippen LogP contribution in [0.15, 0.2) is 27.8 Å². The quantitative estimate of drug-likeness (QED) is 0.845. The number of aliphatic hydroxyl groups excluding tert-OH is 1. The molecule has 2 unspecified atom stereocenters. The Morgan fingerprint density at radius 3 is 2.62 bits per heavy atom. The van der Waals surface area contributed by atoms with Crippen LogP contribution < -0.4 is 4.72 Å². The molecule has 0 aliphatic carbocycles. The Kier molecular flexibility index (Phi) is 5.21. The van der Waals surface area contributed by atoms with E-state index in [-0.39, 0.29) is 6.04 Å². The molecule has 0 saturated carbocycles. The molecule has 4 nitrogen and oxygen atoms in total. The van der Waals surface area contributed by atoms with E-state index in [2.05, 4.69) is 4.72 Å². The first kappa shape index (κ1) is 16.6. The molecule has 2 aromatic rings. The van der Waals surface area contributed by atoms with Gasteiger partial charge in [0, 0.05) is 15.8 Å². The minimum atomic E-state index is -3.51. The summed E-state index contributed by atoms with van der Waals surface area (Å²) in [5.74, 6) is 0. The molecule has 2 N–H and O–H groups in total. The highest BCUT2D eigenvalue weighted by Crippen LogP contribution is 2.26. The zero-order valence-electron chi connectivity index (χ0n) is 12.2. The van der Waals surface area contributed by atoms with E-state index >= 15 is 0 Å². The number of nitrogens with one attached hydrogen (secondary N) is 1. The first-order chi connectivity index (χ1) is 9.79. The summed E-state index contributed by atoms with van der Waals surface area (Å²) in [4.78, 5) is 1.85. The molecule has 0 fully saturated rings. The maximum absolute atomic E-state index is 12.3. The van der Waals surface area contributed by atoms with E-state index in [0.717, 1.165) is 15.3 Å². The average Bonchev–Trinajstić information content (AvgIpc) is 2.99. The fraction of sp³-hybridized carbons (Fsp3) is 0.429. The number of hydrogen-bond donors (Lipinski definition) is 2. The van der Waals surface area contributed by atoms with Crippen molar-refractivity contribution in [1.82, 2.24) is 4.72 Å². The van der Waals surface area contributed by atoms with Gasteiger partial charge in [-0.1, -0.05) is 6.07 Å². The van der Waals surface area contributed by atoms with Gasteiger partial charge in [0.1, 0.15) is 4.21 Å². The molecule has 2 rings (SSSR count). The van der Waals surface area contributed by atoms with Crippen molar-refractivity contribution in [3.63, 3.8) is 0 Å². The Morgan fingerprint density at radius 2 is 2.10 bits per heavy atom. The second kappa shape index (κ2) is 6.58. The molecule has 0 spiro atoms. The maximum atomic E-state index is 12.3. The van der Waals surface area contributed by atoms with Crippen LogP contribution in [0.25, 0.3) is 0 Å². The summed E-state index contributed by atoms with van der Waals surface area (Å²) >= 11 is 2.74. The van der Waals surface area contributed by atoms with E-state index in [1.165, 1.54) is 22.7 Å². The Balaban J connectivity index is 2.03. The van der Waals surface area contributed by atoms with Gasteiger partial charge in [-0.3, -0.25) is 0 Å². The number of sulfonamides is 1. The topological polar surface area (TPSA) is 66.4 Å². The van der Waals surface area contributed by atoms with Crippen molar-refractivity contribution in [1.29, 1.82) is 0 Å². The van der Waals surface area contributed by atoms with Crippen molar-refractivity contribution in [2.45, 2.75) is 43.5 Å². The zero-order chi connectivity index (χ0) is 15.6. The molecule has 0 aromatic carbocycles. The monoisotopic (exact) mass is 345 g/mol. The number of aliphatic hydroxyl groups is 1. The second-order valence-corrected chi connectivity index (χ2v) is 9.27. The van der Waals surface area contributed by atoms with Crippen LogP contribution in [0.5, 0.6) is 0 Å². The van der Waals surface area contributed by atoms with Gasteiger partial charge in [0.2, 0.25) is 10.0 Å². The van der Waals surface area contributed by atoms with E-state index in [9.17, 15) is 13.5 Å². The van der Waals surface area contributed by atoms with Crippen LogP contribution in [0, 0.1) is 13.8 Å². The van der Waals surface area contributed by atoms with E-state index in [1.807, 2.05) is 31.4 Å². The van der Waals surface area contributed by atoms with Gasteiger partial charge in [0.25, 0.3) is 0 Å². The van der Waals surface area contributed by atoms with Crippen molar-refractivity contribution in [2.24, 2.45) is 0 Å². The zero-order valence-corrected chi connectivity index (χ0v) is 14.6. The van der Waals surface area contributed by atoms with Gasteiger partial charge in [-0.25, -0.2) is 13.1 Å². The van der Waals surface area contributed by atoms with Crippen LogP contribution >= 0.6 is 22.7 Å². The lowest BCUT2D eigenvalue weighted by molar-refractivity contribution is 0.161. The van der Waals surface area contributed by atoms with Crippen LogP contribution in [0.4, 0.5) is 0 Å². The van der Waals surface area contributed by atoms with Gasteiger partial charge in [-0.05, 0) is 50.3 Å². The molecule has 0 amide bonds. The summed E-state index contributed by atoms with van der Waals surface area (Å²) in [6.45, 7) is 5.57. The first-order valence-corrected chi connectivity index (χ1v) is 9.78. The number of thiophene rings is 2.